The highest BCUT2D eigenvalue weighted by Gasteiger charge is 2.65. The quantitative estimate of drug-likeness (QED) is 0.0290. The topological polar surface area (TPSA) is 391 Å². The number of anilines is 2. The second-order valence-corrected chi connectivity index (χ2v) is 27.7. The van der Waals surface area contributed by atoms with Crippen molar-refractivity contribution in [3.05, 3.63) is 12.7 Å². The highest BCUT2D eigenvalue weighted by atomic mass is 35.5. The maximum Gasteiger partial charge on any atom is 0.383 e. The molecule has 4 aromatic rings. The molecule has 2 fully saturated rings. The highest BCUT2D eigenvalue weighted by Crippen LogP contribution is 2.83. The third kappa shape index (κ3) is 10.3. The molecule has 2 saturated heterocycles. The molecule has 12 N–H and O–H groups in total. The number of nitrogens with two attached hydrogens (primary N) is 2. The second-order valence-electron chi connectivity index (χ2n) is 12.6. The van der Waals surface area contributed by atoms with Gasteiger partial charge < -0.3 is 70.0 Å². The summed E-state index contributed by atoms with van der Waals surface area (Å²) in [4.78, 5) is 67.9. The Morgan fingerprint density at radius 1 is 0.721 bits per heavy atom. The number of nitrogens with zero attached hydrogens (tertiary/aromatic N) is 8. The van der Waals surface area contributed by atoms with Crippen molar-refractivity contribution < 1.29 is 76.3 Å². The minimum atomic E-state index is -6.09. The number of aromatic nitrogens is 8. The van der Waals surface area contributed by atoms with E-state index in [0.717, 1.165) is 0 Å². The fourth-order valence-corrected chi connectivity index (χ4v) is 16.0. The average Bonchev–Trinajstić information content (AvgIpc) is 3.91. The minimum Gasteiger partial charge on any atom is -0.387 e. The standard InChI is InChI=1S/C25H36Cl2N10O16P4S4/c1-3-60-23-32-17(28)11-19(34-23)36(7-30-11)21-15(40)13(38)9(50-21)5-48-56(46,58)52-54(42,43)25(26,27)55(44,45)53-57(47,59)49-6-10-14(39)16(41)22(51-10)37-8-31-12-18(29)33-24(61-4-2)35-20(12)37/h7-10,13-16,21-22,38-41H,3-6H2,1-2H3,(H,42,43)(H,44,45)(H,46,58)(H,47,59)(H2,28,32,34)(H2,29,33,35)/t9-,10-,13-,14-,15-,16-,21-,22-,56?,57?/m1/s1. The summed E-state index contributed by atoms with van der Waals surface area (Å²) in [5, 5.41) is 43.6. The molecule has 2 aliphatic rings. The molecule has 36 heteroatoms. The van der Waals surface area contributed by atoms with E-state index in [2.05, 4.69) is 38.5 Å². The van der Waals surface area contributed by atoms with Gasteiger partial charge in [-0.1, -0.05) is 60.6 Å². The number of alkyl halides is 2. The molecule has 12 atom stereocenters. The van der Waals surface area contributed by atoms with Gasteiger partial charge in [0.25, 0.3) is 0 Å². The maximum atomic E-state index is 13.3. The first-order valence-corrected chi connectivity index (χ1v) is 28.1. The van der Waals surface area contributed by atoms with Gasteiger partial charge in [0.1, 0.15) is 47.7 Å². The maximum absolute atomic E-state index is 13.3. The number of imidazole rings is 2. The van der Waals surface area contributed by atoms with Crippen LogP contribution in [0, 0.1) is 0 Å². The summed E-state index contributed by atoms with van der Waals surface area (Å²) in [5.41, 5.74) is 12.6. The van der Waals surface area contributed by atoms with Crippen molar-refractivity contribution in [2.75, 3.05) is 36.2 Å². The monoisotopic (exact) mass is 1050 g/mol. The zero-order valence-electron chi connectivity index (χ0n) is 30.9. The molecule has 4 unspecified atom stereocenters. The van der Waals surface area contributed by atoms with E-state index in [1.165, 1.54) is 45.3 Å². The van der Waals surface area contributed by atoms with Crippen molar-refractivity contribution >= 4 is 133 Å². The molecule has 26 nitrogen and oxygen atoms in total. The van der Waals surface area contributed by atoms with Gasteiger partial charge in [0.2, 0.25) is 0 Å². The molecule has 0 saturated carbocycles. The van der Waals surface area contributed by atoms with Gasteiger partial charge >= 0.3 is 32.4 Å². The van der Waals surface area contributed by atoms with Crippen molar-refractivity contribution in [3.8, 4) is 0 Å². The molecular weight excluding hydrogens is 1020 g/mol. The van der Waals surface area contributed by atoms with Crippen LogP contribution in [0.2, 0.25) is 0 Å². The predicted octanol–water partition coefficient (Wildman–Crippen LogP) is 1.25. The largest absolute Gasteiger partial charge is 0.387 e. The van der Waals surface area contributed by atoms with Gasteiger partial charge in [-0.05, 0) is 35.1 Å². The van der Waals surface area contributed by atoms with E-state index >= 15 is 0 Å². The summed E-state index contributed by atoms with van der Waals surface area (Å²) in [6, 6.07) is 0. The smallest absolute Gasteiger partial charge is 0.383 e. The molecule has 2 aliphatic heterocycles. The van der Waals surface area contributed by atoms with Gasteiger partial charge in [0, 0.05) is 0 Å². The lowest BCUT2D eigenvalue weighted by Crippen LogP contribution is -2.33. The van der Waals surface area contributed by atoms with Crippen LogP contribution in [0.3, 0.4) is 0 Å². The van der Waals surface area contributed by atoms with E-state index in [1.54, 1.807) is 0 Å². The van der Waals surface area contributed by atoms with Crippen LogP contribution in [-0.4, -0.2) is 144 Å². The van der Waals surface area contributed by atoms with Crippen molar-refractivity contribution in [1.29, 1.82) is 0 Å². The lowest BCUT2D eigenvalue weighted by Gasteiger charge is -2.31. The van der Waals surface area contributed by atoms with Crippen LogP contribution in [0.25, 0.3) is 22.3 Å². The van der Waals surface area contributed by atoms with Crippen molar-refractivity contribution in [3.63, 3.8) is 0 Å². The van der Waals surface area contributed by atoms with E-state index in [0.29, 0.717) is 21.8 Å². The Balaban J connectivity index is 1.07. The van der Waals surface area contributed by atoms with E-state index < -0.39 is 94.7 Å². The number of hydrogen-bond acceptors (Lipinski definition) is 24. The minimum absolute atomic E-state index is 0.0374. The third-order valence-electron chi connectivity index (χ3n) is 8.54. The number of aliphatic hydroxyl groups is 4. The normalized spacial score (nSPS) is 28.8. The van der Waals surface area contributed by atoms with Crippen molar-refractivity contribution in [2.45, 2.75) is 77.1 Å². The SMILES string of the molecule is CCSc1nc(N)c2ncn([C@@H]3O[C@H](COP(O)(=S)OP(=O)(O)C(Cl)(Cl)P(=O)(O)OP(O)(=S)OC[C@H]4O[C@@H](n5cnc6c(N)nc(SCC)nc65)[C@H](O)[C@@H]4O)[C@@H](O)[C@H]3O)c2n1. The number of thioether (sulfide) groups is 2. The Bertz CT molecular complexity index is 2320. The fraction of sp³-hybridized carbons (Fsp3) is 0.600. The summed E-state index contributed by atoms with van der Waals surface area (Å²) in [5.74, 6) is 1.29. The van der Waals surface area contributed by atoms with Gasteiger partial charge in [-0.25, -0.2) is 38.5 Å². The highest BCUT2D eigenvalue weighted by molar-refractivity contribution is 8.10. The average molecular weight is 1060 g/mol. The molecule has 6 heterocycles. The van der Waals surface area contributed by atoms with Crippen molar-refractivity contribution in [2.24, 2.45) is 0 Å². The third-order valence-corrected chi connectivity index (χ3v) is 21.6. The number of fused-ring (bicyclic) bond motifs is 2. The molecule has 340 valence electrons. The van der Waals surface area contributed by atoms with Crippen molar-refractivity contribution in [1.82, 2.24) is 39.0 Å². The molecule has 0 aromatic carbocycles. The van der Waals surface area contributed by atoms with E-state index in [-0.39, 0.29) is 34.0 Å². The zero-order chi connectivity index (χ0) is 45.0. The summed E-state index contributed by atoms with van der Waals surface area (Å²) in [6.45, 7) is -8.17. The Hall–Kier alpha value is -0.820. The fourth-order valence-electron chi connectivity index (χ4n) is 5.71. The lowest BCUT2D eigenvalue weighted by molar-refractivity contribution is -0.0486. The molecule has 0 spiro atoms. The lowest BCUT2D eigenvalue weighted by atomic mass is 10.1. The first-order chi connectivity index (χ1) is 28.3. The van der Waals surface area contributed by atoms with Crippen LogP contribution < -0.4 is 11.5 Å². The first kappa shape index (κ1) is 49.6. The predicted molar refractivity (Wildman–Crippen MR) is 225 cm³/mol. The number of hydrogen-bond donors (Lipinski definition) is 10. The van der Waals surface area contributed by atoms with Crippen LogP contribution in [0.5, 0.6) is 0 Å². The molecular formula is C25H36Cl2N10O16P4S4. The van der Waals surface area contributed by atoms with Gasteiger partial charge in [-0.3, -0.25) is 18.3 Å². The summed E-state index contributed by atoms with van der Waals surface area (Å²) in [6.07, 6.45) is -10.1. The number of aliphatic hydroxyl groups excluding tert-OH is 4. The summed E-state index contributed by atoms with van der Waals surface area (Å²) >= 11 is 23.8. The van der Waals surface area contributed by atoms with E-state index in [1.807, 2.05) is 13.8 Å². The first-order valence-electron chi connectivity index (χ1n) is 17.0. The molecule has 6 rings (SSSR count). The Labute approximate surface area is 372 Å². The number of halogens is 2. The molecule has 4 aromatic heterocycles. The Kier molecular flexibility index (Phi) is 15.3. The molecule has 61 heavy (non-hydrogen) atoms. The Morgan fingerprint density at radius 3 is 1.43 bits per heavy atom. The second kappa shape index (κ2) is 18.8. The Morgan fingerprint density at radius 2 is 1.08 bits per heavy atom. The number of ether oxygens (including phenoxy) is 2. The van der Waals surface area contributed by atoms with Crippen LogP contribution >= 0.6 is 75.4 Å². The molecule has 0 aliphatic carbocycles. The van der Waals surface area contributed by atoms with Gasteiger partial charge in [0.15, 0.2) is 45.7 Å². The summed E-state index contributed by atoms with van der Waals surface area (Å²) in [7, 11) is -12.2. The van der Waals surface area contributed by atoms with Crippen LogP contribution in [0.15, 0.2) is 23.0 Å². The van der Waals surface area contributed by atoms with Crippen LogP contribution in [0.4, 0.5) is 11.6 Å². The van der Waals surface area contributed by atoms with Crippen LogP contribution in [0.1, 0.15) is 26.3 Å². The van der Waals surface area contributed by atoms with E-state index in [9.17, 15) is 49.1 Å². The molecule has 0 bridgehead atoms. The van der Waals surface area contributed by atoms with E-state index in [4.69, 9.17) is 76.8 Å². The number of nitrogen functional groups attached to an aromatic ring is 2. The van der Waals surface area contributed by atoms with Gasteiger partial charge in [0.05, 0.1) is 25.9 Å². The molecule has 0 radical (unpaired) electrons. The zero-order valence-corrected chi connectivity index (χ0v) is 39.2. The number of rotatable bonds is 18. The van der Waals surface area contributed by atoms with Gasteiger partial charge in [-0.15, -0.1) is 0 Å². The summed E-state index contributed by atoms with van der Waals surface area (Å²) < 4.78 is 55.8. The van der Waals surface area contributed by atoms with Gasteiger partial charge in [-0.2, -0.15) is 0 Å². The van der Waals surface area contributed by atoms with Crippen LogP contribution in [-0.2, 0) is 59.9 Å². The molecule has 0 amide bonds.